The number of hydrogen-bond acceptors (Lipinski definition) is 4. The van der Waals surface area contributed by atoms with E-state index >= 15 is 0 Å². The van der Waals surface area contributed by atoms with Gasteiger partial charge in [-0.05, 0) is 27.0 Å². The number of hydrogen-bond donors (Lipinski definition) is 1. The lowest BCUT2D eigenvalue weighted by molar-refractivity contribution is 0.552. The SMILES string of the molecule is CCn1nc(C)cc1Cn1ncnc1CNC. The molecular weight excluding hydrogens is 216 g/mol. The molecular formula is C11H18N6. The predicted octanol–water partition coefficient (Wildman–Crippen LogP) is 0.571. The minimum Gasteiger partial charge on any atom is -0.313 e. The van der Waals surface area contributed by atoms with E-state index in [9.17, 15) is 0 Å². The van der Waals surface area contributed by atoms with Crippen molar-refractivity contribution in [1.29, 1.82) is 0 Å². The van der Waals surface area contributed by atoms with E-state index in [1.54, 1.807) is 6.33 Å². The number of rotatable bonds is 5. The van der Waals surface area contributed by atoms with Crippen LogP contribution < -0.4 is 5.32 Å². The molecule has 0 fully saturated rings. The molecule has 0 aliphatic carbocycles. The van der Waals surface area contributed by atoms with Gasteiger partial charge in [0.25, 0.3) is 0 Å². The quantitative estimate of drug-likeness (QED) is 0.821. The Morgan fingerprint density at radius 3 is 2.88 bits per heavy atom. The largest absolute Gasteiger partial charge is 0.313 e. The van der Waals surface area contributed by atoms with E-state index in [2.05, 4.69) is 33.5 Å². The van der Waals surface area contributed by atoms with Crippen LogP contribution in [0.2, 0.25) is 0 Å². The van der Waals surface area contributed by atoms with Gasteiger partial charge in [0.1, 0.15) is 12.2 Å². The molecule has 0 aromatic carbocycles. The maximum Gasteiger partial charge on any atom is 0.141 e. The number of nitrogens with one attached hydrogen (secondary N) is 1. The second-order valence-corrected chi connectivity index (χ2v) is 3.96. The van der Waals surface area contributed by atoms with Crippen LogP contribution in [0.1, 0.15) is 24.1 Å². The molecule has 0 unspecified atom stereocenters. The first-order valence-electron chi connectivity index (χ1n) is 5.79. The average molecular weight is 234 g/mol. The molecule has 0 bridgehead atoms. The van der Waals surface area contributed by atoms with Gasteiger partial charge in [-0.2, -0.15) is 10.2 Å². The Bertz CT molecular complexity index is 484. The Balaban J connectivity index is 2.21. The number of nitrogens with zero attached hydrogens (tertiary/aromatic N) is 5. The lowest BCUT2D eigenvalue weighted by atomic mass is 10.3. The van der Waals surface area contributed by atoms with E-state index in [0.717, 1.165) is 30.3 Å². The third-order valence-corrected chi connectivity index (χ3v) is 2.63. The highest BCUT2D eigenvalue weighted by Gasteiger charge is 2.08. The Hall–Kier alpha value is -1.69. The third kappa shape index (κ3) is 2.52. The van der Waals surface area contributed by atoms with Crippen molar-refractivity contribution < 1.29 is 0 Å². The molecule has 92 valence electrons. The van der Waals surface area contributed by atoms with Crippen molar-refractivity contribution in [2.24, 2.45) is 0 Å². The van der Waals surface area contributed by atoms with Crippen LogP contribution in [0.15, 0.2) is 12.4 Å². The Morgan fingerprint density at radius 1 is 1.35 bits per heavy atom. The summed E-state index contributed by atoms with van der Waals surface area (Å²) in [6.07, 6.45) is 1.59. The molecule has 0 atom stereocenters. The van der Waals surface area contributed by atoms with Gasteiger partial charge in [-0.15, -0.1) is 0 Å². The fourth-order valence-corrected chi connectivity index (χ4v) is 1.87. The van der Waals surface area contributed by atoms with Crippen molar-refractivity contribution in [2.45, 2.75) is 33.5 Å². The normalized spacial score (nSPS) is 11.0. The van der Waals surface area contributed by atoms with Crippen molar-refractivity contribution in [2.75, 3.05) is 7.05 Å². The summed E-state index contributed by atoms with van der Waals surface area (Å²) in [6, 6.07) is 2.09. The zero-order chi connectivity index (χ0) is 12.3. The van der Waals surface area contributed by atoms with E-state index in [1.807, 2.05) is 23.3 Å². The highest BCUT2D eigenvalue weighted by Crippen LogP contribution is 2.07. The topological polar surface area (TPSA) is 60.6 Å². The number of aromatic nitrogens is 5. The van der Waals surface area contributed by atoms with Crippen LogP contribution in [-0.2, 0) is 19.6 Å². The van der Waals surface area contributed by atoms with Crippen molar-refractivity contribution in [3.05, 3.63) is 29.6 Å². The standard InChI is InChI=1S/C11H18N6/c1-4-16-10(5-9(2)15-16)7-17-11(6-12-3)13-8-14-17/h5,8,12H,4,6-7H2,1-3H3. The van der Waals surface area contributed by atoms with Gasteiger partial charge in [-0.3, -0.25) is 4.68 Å². The molecule has 0 aliphatic heterocycles. The van der Waals surface area contributed by atoms with Gasteiger partial charge >= 0.3 is 0 Å². The molecule has 0 aliphatic rings. The van der Waals surface area contributed by atoms with Crippen LogP contribution in [0, 0.1) is 6.92 Å². The smallest absolute Gasteiger partial charge is 0.141 e. The minimum absolute atomic E-state index is 0.714. The monoisotopic (exact) mass is 234 g/mol. The van der Waals surface area contributed by atoms with E-state index in [1.165, 1.54) is 0 Å². The first-order chi connectivity index (χ1) is 8.24. The molecule has 0 radical (unpaired) electrons. The lowest BCUT2D eigenvalue weighted by Gasteiger charge is -2.07. The first-order valence-corrected chi connectivity index (χ1v) is 5.79. The molecule has 17 heavy (non-hydrogen) atoms. The van der Waals surface area contributed by atoms with Gasteiger partial charge in [0, 0.05) is 6.54 Å². The molecule has 2 rings (SSSR count). The zero-order valence-electron chi connectivity index (χ0n) is 10.5. The molecule has 6 heteroatoms. The average Bonchev–Trinajstić information content (AvgIpc) is 2.87. The maximum absolute atomic E-state index is 4.42. The molecule has 0 spiro atoms. The molecule has 6 nitrogen and oxygen atoms in total. The molecule has 2 aromatic heterocycles. The molecule has 2 heterocycles. The summed E-state index contributed by atoms with van der Waals surface area (Å²) in [5, 5.41) is 11.7. The highest BCUT2D eigenvalue weighted by atomic mass is 15.4. The van der Waals surface area contributed by atoms with Gasteiger partial charge in [0.15, 0.2) is 0 Å². The van der Waals surface area contributed by atoms with Gasteiger partial charge in [0.2, 0.25) is 0 Å². The Kier molecular flexibility index (Phi) is 3.53. The van der Waals surface area contributed by atoms with Crippen LogP contribution >= 0.6 is 0 Å². The Morgan fingerprint density at radius 2 is 2.18 bits per heavy atom. The first kappa shape index (κ1) is 11.8. The lowest BCUT2D eigenvalue weighted by Crippen LogP contribution is -2.15. The van der Waals surface area contributed by atoms with Gasteiger partial charge < -0.3 is 5.32 Å². The van der Waals surface area contributed by atoms with Crippen LogP contribution in [-0.4, -0.2) is 31.6 Å². The summed E-state index contributed by atoms with van der Waals surface area (Å²) in [4.78, 5) is 4.22. The minimum atomic E-state index is 0.714. The van der Waals surface area contributed by atoms with E-state index < -0.39 is 0 Å². The molecule has 0 amide bonds. The van der Waals surface area contributed by atoms with E-state index in [-0.39, 0.29) is 0 Å². The van der Waals surface area contributed by atoms with Crippen LogP contribution in [0.3, 0.4) is 0 Å². The van der Waals surface area contributed by atoms with Gasteiger partial charge in [0.05, 0.1) is 24.5 Å². The maximum atomic E-state index is 4.42. The fraction of sp³-hybridized carbons (Fsp3) is 0.545. The van der Waals surface area contributed by atoms with Crippen LogP contribution in [0.4, 0.5) is 0 Å². The molecule has 2 aromatic rings. The highest BCUT2D eigenvalue weighted by molar-refractivity contribution is 5.09. The zero-order valence-corrected chi connectivity index (χ0v) is 10.5. The van der Waals surface area contributed by atoms with Gasteiger partial charge in [-0.1, -0.05) is 0 Å². The van der Waals surface area contributed by atoms with Crippen molar-refractivity contribution in [3.63, 3.8) is 0 Å². The summed E-state index contributed by atoms with van der Waals surface area (Å²) in [5.41, 5.74) is 2.20. The summed E-state index contributed by atoms with van der Waals surface area (Å²) < 4.78 is 3.90. The summed E-state index contributed by atoms with van der Waals surface area (Å²) >= 11 is 0. The van der Waals surface area contributed by atoms with Gasteiger partial charge in [-0.25, -0.2) is 9.67 Å². The van der Waals surface area contributed by atoms with Crippen molar-refractivity contribution >= 4 is 0 Å². The molecule has 0 saturated heterocycles. The van der Waals surface area contributed by atoms with Crippen LogP contribution in [0.5, 0.6) is 0 Å². The summed E-state index contributed by atoms with van der Waals surface area (Å²) in [6.45, 7) is 6.40. The van der Waals surface area contributed by atoms with Crippen LogP contribution in [0.25, 0.3) is 0 Å². The van der Waals surface area contributed by atoms with E-state index in [4.69, 9.17) is 0 Å². The van der Waals surface area contributed by atoms with Crippen molar-refractivity contribution in [3.8, 4) is 0 Å². The third-order valence-electron chi connectivity index (χ3n) is 2.63. The van der Waals surface area contributed by atoms with Crippen molar-refractivity contribution in [1.82, 2.24) is 29.9 Å². The second-order valence-electron chi connectivity index (χ2n) is 3.96. The fourth-order valence-electron chi connectivity index (χ4n) is 1.87. The molecule has 1 N–H and O–H groups in total. The van der Waals surface area contributed by atoms with E-state index in [0.29, 0.717) is 6.54 Å². The number of aryl methyl sites for hydroxylation is 2. The summed E-state index contributed by atoms with van der Waals surface area (Å²) in [7, 11) is 1.90. The second kappa shape index (κ2) is 5.09. The Labute approximate surface area is 101 Å². The molecule has 0 saturated carbocycles. The summed E-state index contributed by atoms with van der Waals surface area (Å²) in [5.74, 6) is 0.939. The predicted molar refractivity (Wildman–Crippen MR) is 64.5 cm³/mol.